The molecule has 1 aromatic carbocycles. The molecule has 116 valence electrons. The van der Waals surface area contributed by atoms with Crippen LogP contribution in [-0.2, 0) is 0 Å². The number of anilines is 1. The van der Waals surface area contributed by atoms with Gasteiger partial charge in [0.2, 0.25) is 0 Å². The highest BCUT2D eigenvalue weighted by molar-refractivity contribution is 6.34. The topological polar surface area (TPSA) is 90.9 Å². The minimum atomic E-state index is -1.16. The lowest BCUT2D eigenvalue weighted by molar-refractivity contribution is 0.0693. The van der Waals surface area contributed by atoms with Crippen molar-refractivity contribution in [3.05, 3.63) is 22.7 Å². The molecule has 0 aliphatic rings. The summed E-state index contributed by atoms with van der Waals surface area (Å²) in [7, 11) is 5.13. The zero-order valence-corrected chi connectivity index (χ0v) is 12.8. The first-order valence-electron chi connectivity index (χ1n) is 6.15. The van der Waals surface area contributed by atoms with Crippen LogP contribution < -0.4 is 15.4 Å². The van der Waals surface area contributed by atoms with Crippen LogP contribution in [0.1, 0.15) is 10.4 Å². The Morgan fingerprint density at radius 1 is 1.38 bits per heavy atom. The number of carbonyl (C=O) groups excluding carboxylic acids is 1. The minimum Gasteiger partial charge on any atom is -0.496 e. The molecule has 0 heterocycles. The third-order valence-electron chi connectivity index (χ3n) is 2.61. The molecule has 1 aromatic rings. The van der Waals surface area contributed by atoms with Crippen LogP contribution in [-0.4, -0.2) is 56.3 Å². The van der Waals surface area contributed by atoms with E-state index in [0.717, 1.165) is 0 Å². The van der Waals surface area contributed by atoms with Gasteiger partial charge in [0.15, 0.2) is 0 Å². The van der Waals surface area contributed by atoms with Crippen molar-refractivity contribution in [1.29, 1.82) is 0 Å². The van der Waals surface area contributed by atoms with Gasteiger partial charge in [0.1, 0.15) is 11.3 Å². The molecule has 0 atom stereocenters. The predicted molar refractivity (Wildman–Crippen MR) is 80.5 cm³/mol. The van der Waals surface area contributed by atoms with Gasteiger partial charge in [-0.25, -0.2) is 9.59 Å². The van der Waals surface area contributed by atoms with E-state index in [1.54, 1.807) is 0 Å². The highest BCUT2D eigenvalue weighted by Gasteiger charge is 2.16. The summed E-state index contributed by atoms with van der Waals surface area (Å²) >= 11 is 5.96. The predicted octanol–water partition coefficient (Wildman–Crippen LogP) is 1.73. The van der Waals surface area contributed by atoms with E-state index in [1.807, 2.05) is 19.0 Å². The molecule has 0 spiro atoms. The molecule has 2 amide bonds. The fraction of sp³-hybridized carbons (Fsp3) is 0.385. The summed E-state index contributed by atoms with van der Waals surface area (Å²) in [5.74, 6) is -1.04. The second-order valence-electron chi connectivity index (χ2n) is 4.52. The van der Waals surface area contributed by atoms with Gasteiger partial charge in [-0.3, -0.25) is 0 Å². The van der Waals surface area contributed by atoms with Crippen molar-refractivity contribution in [2.45, 2.75) is 0 Å². The van der Waals surface area contributed by atoms with Crippen LogP contribution in [0.3, 0.4) is 0 Å². The number of methoxy groups -OCH3 is 1. The zero-order valence-electron chi connectivity index (χ0n) is 12.1. The monoisotopic (exact) mass is 315 g/mol. The van der Waals surface area contributed by atoms with Gasteiger partial charge in [-0.2, -0.15) is 0 Å². The number of aromatic carboxylic acids is 1. The van der Waals surface area contributed by atoms with Crippen LogP contribution in [0.15, 0.2) is 12.1 Å². The normalized spacial score (nSPS) is 10.3. The Balaban J connectivity index is 2.79. The maximum absolute atomic E-state index is 11.7. The van der Waals surface area contributed by atoms with Gasteiger partial charge in [0.25, 0.3) is 0 Å². The Kier molecular flexibility index (Phi) is 6.26. The van der Waals surface area contributed by atoms with Gasteiger partial charge in [0.05, 0.1) is 17.8 Å². The summed E-state index contributed by atoms with van der Waals surface area (Å²) < 4.78 is 4.98. The van der Waals surface area contributed by atoms with E-state index in [1.165, 1.54) is 19.2 Å². The number of halogens is 1. The van der Waals surface area contributed by atoms with Gasteiger partial charge < -0.3 is 25.4 Å². The van der Waals surface area contributed by atoms with E-state index in [4.69, 9.17) is 21.4 Å². The molecular formula is C13H18ClN3O4. The lowest BCUT2D eigenvalue weighted by Crippen LogP contribution is -2.34. The number of nitrogens with zero attached hydrogens (tertiary/aromatic N) is 1. The van der Waals surface area contributed by atoms with Gasteiger partial charge in [0, 0.05) is 19.2 Å². The Morgan fingerprint density at radius 2 is 2.05 bits per heavy atom. The second-order valence-corrected chi connectivity index (χ2v) is 4.93. The number of hydrogen-bond donors (Lipinski definition) is 3. The molecule has 0 aliphatic heterocycles. The summed E-state index contributed by atoms with van der Waals surface area (Å²) in [5, 5.41) is 14.3. The molecule has 0 saturated heterocycles. The Labute approximate surface area is 127 Å². The standard InChI is InChI=1S/C13H18ClN3O4/c1-17(2)5-4-15-13(20)16-10-7-11(21-3)8(12(18)19)6-9(10)14/h6-7H,4-5H2,1-3H3,(H,18,19)(H2,15,16,20). The lowest BCUT2D eigenvalue weighted by atomic mass is 10.2. The van der Waals surface area contributed by atoms with Crippen molar-refractivity contribution in [3.63, 3.8) is 0 Å². The molecule has 1 rings (SSSR count). The number of urea groups is 1. The first-order valence-corrected chi connectivity index (χ1v) is 6.53. The van der Waals surface area contributed by atoms with E-state index >= 15 is 0 Å². The maximum atomic E-state index is 11.7. The zero-order chi connectivity index (χ0) is 16.0. The van der Waals surface area contributed by atoms with Crippen molar-refractivity contribution >= 4 is 29.3 Å². The van der Waals surface area contributed by atoms with Crippen molar-refractivity contribution < 1.29 is 19.4 Å². The number of amides is 2. The number of likely N-dealkylation sites (N-methyl/N-ethyl adjacent to an activating group) is 1. The number of nitrogens with one attached hydrogen (secondary N) is 2. The summed E-state index contributed by atoms with van der Waals surface area (Å²) in [6.07, 6.45) is 0. The highest BCUT2D eigenvalue weighted by Crippen LogP contribution is 2.30. The van der Waals surface area contributed by atoms with E-state index in [2.05, 4.69) is 10.6 Å². The lowest BCUT2D eigenvalue weighted by Gasteiger charge is -2.13. The first kappa shape index (κ1) is 17.1. The third-order valence-corrected chi connectivity index (χ3v) is 2.93. The molecule has 8 heteroatoms. The number of hydrogen-bond acceptors (Lipinski definition) is 4. The first-order chi connectivity index (χ1) is 9.85. The Hall–Kier alpha value is -1.99. The van der Waals surface area contributed by atoms with Gasteiger partial charge in [-0.05, 0) is 20.2 Å². The van der Waals surface area contributed by atoms with Crippen molar-refractivity contribution in [2.24, 2.45) is 0 Å². The summed E-state index contributed by atoms with van der Waals surface area (Å²) in [6, 6.07) is 2.18. The van der Waals surface area contributed by atoms with E-state index in [-0.39, 0.29) is 22.0 Å². The smallest absolute Gasteiger partial charge is 0.339 e. The summed E-state index contributed by atoms with van der Waals surface area (Å²) in [4.78, 5) is 24.7. The van der Waals surface area contributed by atoms with Crippen LogP contribution in [0.4, 0.5) is 10.5 Å². The van der Waals surface area contributed by atoms with Crippen LogP contribution >= 0.6 is 11.6 Å². The fourth-order valence-corrected chi connectivity index (χ4v) is 1.76. The molecule has 0 aromatic heterocycles. The van der Waals surface area contributed by atoms with E-state index in [9.17, 15) is 9.59 Å². The molecule has 0 aliphatic carbocycles. The second kappa shape index (κ2) is 7.70. The molecular weight excluding hydrogens is 298 g/mol. The number of carboxylic acids is 1. The number of carbonyl (C=O) groups is 2. The SMILES string of the molecule is COc1cc(NC(=O)NCCN(C)C)c(Cl)cc1C(=O)O. The number of carboxylic acid groups (broad SMARTS) is 1. The van der Waals surface area contributed by atoms with E-state index < -0.39 is 12.0 Å². The molecule has 0 fully saturated rings. The molecule has 0 saturated carbocycles. The highest BCUT2D eigenvalue weighted by atomic mass is 35.5. The van der Waals surface area contributed by atoms with Crippen molar-refractivity contribution in [1.82, 2.24) is 10.2 Å². The third kappa shape index (κ3) is 5.13. The average molecular weight is 316 g/mol. The van der Waals surface area contributed by atoms with Gasteiger partial charge >= 0.3 is 12.0 Å². The quantitative estimate of drug-likeness (QED) is 0.743. The number of rotatable bonds is 6. The minimum absolute atomic E-state index is 0.0685. The molecule has 21 heavy (non-hydrogen) atoms. The van der Waals surface area contributed by atoms with Crippen LogP contribution in [0, 0.1) is 0 Å². The van der Waals surface area contributed by atoms with Crippen molar-refractivity contribution in [3.8, 4) is 5.75 Å². The van der Waals surface area contributed by atoms with Crippen molar-refractivity contribution in [2.75, 3.05) is 39.6 Å². The number of ether oxygens (including phenoxy) is 1. The summed E-state index contributed by atoms with van der Waals surface area (Å²) in [6.45, 7) is 1.17. The fourth-order valence-electron chi connectivity index (χ4n) is 1.54. The molecule has 0 unspecified atom stereocenters. The molecule has 7 nitrogen and oxygen atoms in total. The van der Waals surface area contributed by atoms with Gasteiger partial charge in [-0.1, -0.05) is 11.6 Å². The Morgan fingerprint density at radius 3 is 2.57 bits per heavy atom. The summed E-state index contributed by atoms with van der Waals surface area (Å²) in [5.41, 5.74) is 0.210. The van der Waals surface area contributed by atoms with Crippen LogP contribution in [0.25, 0.3) is 0 Å². The Bertz CT molecular complexity index is 534. The van der Waals surface area contributed by atoms with Crippen LogP contribution in [0.2, 0.25) is 5.02 Å². The largest absolute Gasteiger partial charge is 0.496 e. The molecule has 3 N–H and O–H groups in total. The average Bonchev–Trinajstić information content (AvgIpc) is 2.39. The molecule has 0 radical (unpaired) electrons. The van der Waals surface area contributed by atoms with Gasteiger partial charge in [-0.15, -0.1) is 0 Å². The van der Waals surface area contributed by atoms with Crippen LogP contribution in [0.5, 0.6) is 5.75 Å². The molecule has 0 bridgehead atoms. The van der Waals surface area contributed by atoms with E-state index in [0.29, 0.717) is 13.1 Å². The number of benzene rings is 1. The maximum Gasteiger partial charge on any atom is 0.339 e.